The molecule has 0 unspecified atom stereocenters. The molecule has 0 fully saturated rings. The minimum Gasteiger partial charge on any atom is -0.507 e. The van der Waals surface area contributed by atoms with Crippen molar-refractivity contribution in [3.63, 3.8) is 0 Å². The van der Waals surface area contributed by atoms with Crippen LogP contribution in [0.1, 0.15) is 116 Å². The molecule has 0 bridgehead atoms. The van der Waals surface area contributed by atoms with Crippen LogP contribution in [-0.4, -0.2) is 22.6 Å². The monoisotopic (exact) mass is 560 g/mol. The summed E-state index contributed by atoms with van der Waals surface area (Å²) in [6.07, 6.45) is -11.7. The van der Waals surface area contributed by atoms with Gasteiger partial charge < -0.3 is 10.2 Å². The fourth-order valence-corrected chi connectivity index (χ4v) is 4.97. The standard InChI is InChI=1S/C31H42F6O2/c1-25(2,3)19-13-17(14-20(23(19)38)26(4,5)6)29(30(32,33)34,31(35,36)37)18-15-21(27(7,8)9)24(39)22(16-18)28(10,11)12/h13-16,38-39H,1-12H3. The summed E-state index contributed by atoms with van der Waals surface area (Å²) < 4.78 is 91.9. The molecule has 0 aliphatic carbocycles. The van der Waals surface area contributed by atoms with E-state index in [4.69, 9.17) is 0 Å². The smallest absolute Gasteiger partial charge is 0.411 e. The van der Waals surface area contributed by atoms with Gasteiger partial charge in [0.25, 0.3) is 0 Å². The van der Waals surface area contributed by atoms with Gasteiger partial charge in [0.2, 0.25) is 5.41 Å². The molecule has 0 spiro atoms. The number of halogens is 6. The number of phenols is 2. The van der Waals surface area contributed by atoms with Crippen molar-refractivity contribution in [2.45, 2.75) is 123 Å². The maximum Gasteiger partial charge on any atom is 0.411 e. The zero-order valence-electron chi connectivity index (χ0n) is 25.0. The second-order valence-corrected chi connectivity index (χ2v) is 14.6. The molecule has 0 heterocycles. The third-order valence-corrected chi connectivity index (χ3v) is 7.17. The molecule has 0 saturated carbocycles. The number of benzene rings is 2. The molecule has 0 atom stereocenters. The third kappa shape index (κ3) is 5.76. The summed E-state index contributed by atoms with van der Waals surface area (Å²) in [6, 6.07) is 3.36. The Morgan fingerprint density at radius 2 is 0.590 bits per heavy atom. The highest BCUT2D eigenvalue weighted by Gasteiger charge is 2.73. The zero-order valence-corrected chi connectivity index (χ0v) is 25.0. The van der Waals surface area contributed by atoms with E-state index in [1.165, 1.54) is 0 Å². The van der Waals surface area contributed by atoms with Crippen LogP contribution < -0.4 is 0 Å². The van der Waals surface area contributed by atoms with Gasteiger partial charge >= 0.3 is 12.4 Å². The van der Waals surface area contributed by atoms with Crippen LogP contribution >= 0.6 is 0 Å². The number of alkyl halides is 6. The summed E-state index contributed by atoms with van der Waals surface area (Å²) in [6.45, 7) is 19.5. The van der Waals surface area contributed by atoms with Crippen molar-refractivity contribution in [1.82, 2.24) is 0 Å². The lowest BCUT2D eigenvalue weighted by molar-refractivity contribution is -0.288. The predicted molar refractivity (Wildman–Crippen MR) is 144 cm³/mol. The van der Waals surface area contributed by atoms with Crippen molar-refractivity contribution in [2.75, 3.05) is 0 Å². The van der Waals surface area contributed by atoms with Gasteiger partial charge in [0, 0.05) is 0 Å². The van der Waals surface area contributed by atoms with Crippen LogP contribution in [0.4, 0.5) is 26.3 Å². The average molecular weight is 561 g/mol. The Morgan fingerprint density at radius 1 is 0.410 bits per heavy atom. The third-order valence-electron chi connectivity index (χ3n) is 7.17. The SMILES string of the molecule is CC(C)(C)c1cc(C(c2cc(C(C)(C)C)c(O)c(C(C)(C)C)c2)(C(F)(F)F)C(F)(F)F)cc(C(C)(C)C)c1O. The number of rotatable bonds is 2. The van der Waals surface area contributed by atoms with Crippen molar-refractivity contribution in [3.8, 4) is 11.5 Å². The summed E-state index contributed by atoms with van der Waals surface area (Å²) in [5.41, 5.74) is -10.4. The Labute approximate surface area is 228 Å². The quantitative estimate of drug-likeness (QED) is 0.359. The van der Waals surface area contributed by atoms with E-state index in [0.717, 1.165) is 24.3 Å². The maximum absolute atomic E-state index is 15.3. The molecule has 0 aliphatic rings. The van der Waals surface area contributed by atoms with Gasteiger partial charge in [-0.3, -0.25) is 0 Å². The van der Waals surface area contributed by atoms with E-state index in [1.54, 1.807) is 83.1 Å². The van der Waals surface area contributed by atoms with Crippen LogP contribution in [0, 0.1) is 0 Å². The van der Waals surface area contributed by atoms with E-state index in [9.17, 15) is 10.2 Å². The van der Waals surface area contributed by atoms with Gasteiger partial charge in [0.15, 0.2) is 0 Å². The van der Waals surface area contributed by atoms with Crippen molar-refractivity contribution >= 4 is 0 Å². The fraction of sp³-hybridized carbons (Fsp3) is 0.613. The molecule has 2 rings (SSSR count). The summed E-state index contributed by atoms with van der Waals surface area (Å²) in [5, 5.41) is 22.1. The molecule has 0 saturated heterocycles. The lowest BCUT2D eigenvalue weighted by Crippen LogP contribution is -2.55. The molecule has 2 nitrogen and oxygen atoms in total. The minimum atomic E-state index is -5.83. The Kier molecular flexibility index (Phi) is 7.86. The van der Waals surface area contributed by atoms with Crippen LogP contribution in [-0.2, 0) is 27.1 Å². The highest BCUT2D eigenvalue weighted by Crippen LogP contribution is 2.59. The highest BCUT2D eigenvalue weighted by atomic mass is 19.4. The van der Waals surface area contributed by atoms with E-state index in [1.807, 2.05) is 0 Å². The van der Waals surface area contributed by atoms with E-state index in [0.29, 0.717) is 0 Å². The van der Waals surface area contributed by atoms with Gasteiger partial charge in [-0.25, -0.2) is 0 Å². The van der Waals surface area contributed by atoms with E-state index in [-0.39, 0.29) is 33.8 Å². The Bertz CT molecular complexity index is 1060. The highest BCUT2D eigenvalue weighted by molar-refractivity contribution is 5.59. The van der Waals surface area contributed by atoms with Gasteiger partial charge in [-0.2, -0.15) is 26.3 Å². The average Bonchev–Trinajstić information content (AvgIpc) is 2.64. The maximum atomic E-state index is 15.3. The molecule has 220 valence electrons. The topological polar surface area (TPSA) is 40.5 Å². The Balaban J connectivity index is 3.39. The summed E-state index contributed by atoms with van der Waals surface area (Å²) in [5.74, 6) is -0.651. The number of hydrogen-bond acceptors (Lipinski definition) is 2. The molecule has 2 aromatic rings. The first-order valence-electron chi connectivity index (χ1n) is 12.9. The van der Waals surface area contributed by atoms with Crippen LogP contribution in [0.5, 0.6) is 11.5 Å². The lowest BCUT2D eigenvalue weighted by Gasteiger charge is -2.41. The molecule has 2 aromatic carbocycles. The van der Waals surface area contributed by atoms with Crippen molar-refractivity contribution in [3.05, 3.63) is 57.6 Å². The molecule has 39 heavy (non-hydrogen) atoms. The van der Waals surface area contributed by atoms with Crippen LogP contribution in [0.15, 0.2) is 24.3 Å². The van der Waals surface area contributed by atoms with Crippen LogP contribution in [0.3, 0.4) is 0 Å². The molecule has 2 N–H and O–H groups in total. The molecule has 0 aliphatic heterocycles. The van der Waals surface area contributed by atoms with Crippen molar-refractivity contribution in [2.24, 2.45) is 0 Å². The van der Waals surface area contributed by atoms with Gasteiger partial charge in [-0.05, 0) is 79.3 Å². The second-order valence-electron chi connectivity index (χ2n) is 14.6. The lowest BCUT2D eigenvalue weighted by atomic mass is 9.67. The van der Waals surface area contributed by atoms with Crippen molar-refractivity contribution < 1.29 is 36.6 Å². The second kappa shape index (κ2) is 9.34. The number of aromatic hydroxyl groups is 2. The summed E-state index contributed by atoms with van der Waals surface area (Å²) in [4.78, 5) is 0. The first kappa shape index (κ1) is 32.8. The van der Waals surface area contributed by atoms with Gasteiger partial charge in [0.1, 0.15) is 11.5 Å². The number of hydrogen-bond donors (Lipinski definition) is 2. The van der Waals surface area contributed by atoms with Crippen molar-refractivity contribution in [1.29, 1.82) is 0 Å². The van der Waals surface area contributed by atoms with Crippen LogP contribution in [0.2, 0.25) is 0 Å². The molecule has 0 aromatic heterocycles. The van der Waals surface area contributed by atoms with E-state index in [2.05, 4.69) is 0 Å². The Morgan fingerprint density at radius 3 is 0.718 bits per heavy atom. The molecule has 0 radical (unpaired) electrons. The van der Waals surface area contributed by atoms with Gasteiger partial charge in [-0.15, -0.1) is 0 Å². The van der Waals surface area contributed by atoms with Gasteiger partial charge in [0.05, 0.1) is 0 Å². The largest absolute Gasteiger partial charge is 0.507 e. The zero-order chi connectivity index (χ0) is 30.9. The number of phenolic OH excluding ortho intramolecular Hbond substituents is 2. The predicted octanol–water partition coefficient (Wildman–Crippen LogP) is 9.70. The Hall–Kier alpha value is -2.38. The first-order valence-corrected chi connectivity index (χ1v) is 12.9. The molecule has 8 heteroatoms. The first-order chi connectivity index (χ1) is 17.0. The van der Waals surface area contributed by atoms with E-state index >= 15 is 26.3 Å². The molecular weight excluding hydrogens is 518 g/mol. The fourth-order valence-electron chi connectivity index (χ4n) is 4.97. The summed E-state index contributed by atoms with van der Waals surface area (Å²) >= 11 is 0. The summed E-state index contributed by atoms with van der Waals surface area (Å²) in [7, 11) is 0. The normalized spacial score (nSPS) is 14.6. The molecule has 0 amide bonds. The van der Waals surface area contributed by atoms with Gasteiger partial charge in [-0.1, -0.05) is 83.1 Å². The van der Waals surface area contributed by atoms with Crippen LogP contribution in [0.25, 0.3) is 0 Å². The minimum absolute atomic E-state index is 0.0198. The van der Waals surface area contributed by atoms with E-state index < -0.39 is 50.6 Å². The molecular formula is C31H42F6O2.